The molecule has 0 radical (unpaired) electrons. The molecule has 0 fully saturated rings. The van der Waals surface area contributed by atoms with E-state index >= 15 is 0 Å². The zero-order valence-corrected chi connectivity index (χ0v) is 33.7. The third-order valence-corrected chi connectivity index (χ3v) is 14.2. The SMILES string of the molecule is CC1(C)c2ccccc2C2(c3ccc(-c4cccc5sc6ccccc6c45)cc3-c3c(-c4nc(C5=CC=CCC5)nc(-c5ccccc5)n4)cccc32)c2ccccc21. The Morgan fingerprint density at radius 1 is 0.492 bits per heavy atom. The summed E-state index contributed by atoms with van der Waals surface area (Å²) in [5.41, 5.74) is 15.2. The third kappa shape index (κ3) is 4.90. The van der Waals surface area contributed by atoms with Gasteiger partial charge in [0.05, 0.1) is 5.41 Å². The van der Waals surface area contributed by atoms with Crippen LogP contribution >= 0.6 is 11.3 Å². The number of fused-ring (bicyclic) bond motifs is 12. The Labute approximate surface area is 348 Å². The second-order valence-electron chi connectivity index (χ2n) is 16.6. The van der Waals surface area contributed by atoms with E-state index in [1.165, 1.54) is 75.8 Å². The van der Waals surface area contributed by atoms with Crippen LogP contribution in [0, 0.1) is 0 Å². The molecule has 0 amide bonds. The number of hydrogen-bond acceptors (Lipinski definition) is 4. The number of aromatic nitrogens is 3. The van der Waals surface area contributed by atoms with Gasteiger partial charge in [-0.2, -0.15) is 0 Å². The molecule has 0 saturated heterocycles. The normalized spacial score (nSPS) is 15.5. The molecule has 0 aliphatic heterocycles. The topological polar surface area (TPSA) is 38.7 Å². The summed E-state index contributed by atoms with van der Waals surface area (Å²) < 4.78 is 2.61. The Balaban J connectivity index is 1.20. The van der Waals surface area contributed by atoms with Crippen molar-refractivity contribution in [3.05, 3.63) is 215 Å². The van der Waals surface area contributed by atoms with Crippen LogP contribution in [-0.4, -0.2) is 15.0 Å². The van der Waals surface area contributed by atoms with Crippen LogP contribution in [0.5, 0.6) is 0 Å². The van der Waals surface area contributed by atoms with E-state index in [9.17, 15) is 0 Å². The highest BCUT2D eigenvalue weighted by Gasteiger charge is 2.54. The van der Waals surface area contributed by atoms with Crippen molar-refractivity contribution < 1.29 is 0 Å². The van der Waals surface area contributed by atoms with Crippen LogP contribution in [0.25, 0.3) is 70.8 Å². The summed E-state index contributed by atoms with van der Waals surface area (Å²) in [5.74, 6) is 2.12. The molecule has 2 heterocycles. The third-order valence-electron chi connectivity index (χ3n) is 13.1. The monoisotopic (exact) mass is 773 g/mol. The van der Waals surface area contributed by atoms with Gasteiger partial charge in [0.2, 0.25) is 0 Å². The Morgan fingerprint density at radius 2 is 1.14 bits per heavy atom. The maximum atomic E-state index is 5.37. The summed E-state index contributed by atoms with van der Waals surface area (Å²) in [6, 6.07) is 58.3. The van der Waals surface area contributed by atoms with Crippen molar-refractivity contribution in [3.63, 3.8) is 0 Å². The molecule has 0 bridgehead atoms. The van der Waals surface area contributed by atoms with Crippen LogP contribution in [0.4, 0.5) is 0 Å². The molecule has 3 nitrogen and oxygen atoms in total. The van der Waals surface area contributed by atoms with E-state index in [0.29, 0.717) is 11.6 Å². The van der Waals surface area contributed by atoms with Crippen LogP contribution in [0.15, 0.2) is 176 Å². The van der Waals surface area contributed by atoms with Crippen LogP contribution in [-0.2, 0) is 10.8 Å². The summed E-state index contributed by atoms with van der Waals surface area (Å²) >= 11 is 1.87. The zero-order chi connectivity index (χ0) is 39.3. The molecule has 0 N–H and O–H groups in total. The molecule has 3 aliphatic rings. The fraction of sp³-hybridized carbons (Fsp3) is 0.109. The molecule has 9 aromatic rings. The first-order valence-electron chi connectivity index (χ1n) is 20.6. The smallest absolute Gasteiger partial charge is 0.164 e. The zero-order valence-electron chi connectivity index (χ0n) is 32.9. The van der Waals surface area contributed by atoms with Gasteiger partial charge < -0.3 is 0 Å². The van der Waals surface area contributed by atoms with E-state index in [1.54, 1.807) is 0 Å². The lowest BCUT2D eigenvalue weighted by molar-refractivity contribution is 0.563. The molecule has 59 heavy (non-hydrogen) atoms. The molecule has 2 aromatic heterocycles. The lowest BCUT2D eigenvalue weighted by atomic mass is 9.55. The van der Waals surface area contributed by atoms with E-state index in [2.05, 4.69) is 184 Å². The van der Waals surface area contributed by atoms with Crippen molar-refractivity contribution >= 4 is 37.1 Å². The Bertz CT molecular complexity index is 3210. The summed E-state index contributed by atoms with van der Waals surface area (Å²) in [6.07, 6.45) is 8.36. The summed E-state index contributed by atoms with van der Waals surface area (Å²) in [4.78, 5) is 15.8. The molecule has 0 unspecified atom stereocenters. The van der Waals surface area contributed by atoms with Crippen molar-refractivity contribution in [1.29, 1.82) is 0 Å². The lowest BCUT2D eigenvalue weighted by Gasteiger charge is -2.46. The Morgan fingerprint density at radius 3 is 1.92 bits per heavy atom. The molecule has 7 aromatic carbocycles. The maximum Gasteiger partial charge on any atom is 0.164 e. The van der Waals surface area contributed by atoms with Crippen LogP contribution in [0.1, 0.15) is 65.9 Å². The Hall–Kier alpha value is -6.75. The van der Waals surface area contributed by atoms with E-state index in [0.717, 1.165) is 35.4 Å². The highest BCUT2D eigenvalue weighted by atomic mass is 32.1. The highest BCUT2D eigenvalue weighted by Crippen LogP contribution is 2.63. The van der Waals surface area contributed by atoms with E-state index in [1.807, 2.05) is 17.4 Å². The maximum absolute atomic E-state index is 5.37. The molecular weight excluding hydrogens is 735 g/mol. The molecule has 12 rings (SSSR count). The second kappa shape index (κ2) is 12.9. The van der Waals surface area contributed by atoms with Gasteiger partial charge in [-0.25, -0.2) is 15.0 Å². The largest absolute Gasteiger partial charge is 0.209 e. The van der Waals surface area contributed by atoms with Gasteiger partial charge in [-0.1, -0.05) is 172 Å². The van der Waals surface area contributed by atoms with Gasteiger partial charge >= 0.3 is 0 Å². The molecule has 4 heteroatoms. The van der Waals surface area contributed by atoms with Gasteiger partial charge in [-0.05, 0) is 92.2 Å². The highest BCUT2D eigenvalue weighted by molar-refractivity contribution is 7.25. The van der Waals surface area contributed by atoms with Gasteiger partial charge in [0.25, 0.3) is 0 Å². The minimum atomic E-state index is -0.558. The van der Waals surface area contributed by atoms with Crippen molar-refractivity contribution in [3.8, 4) is 45.0 Å². The summed E-state index contributed by atoms with van der Waals surface area (Å²) in [7, 11) is 0. The van der Waals surface area contributed by atoms with Gasteiger partial charge in [0.1, 0.15) is 0 Å². The van der Waals surface area contributed by atoms with Gasteiger partial charge in [0, 0.05) is 36.7 Å². The first-order chi connectivity index (χ1) is 29.0. The molecule has 0 atom stereocenters. The predicted molar refractivity (Wildman–Crippen MR) is 245 cm³/mol. The van der Waals surface area contributed by atoms with Gasteiger partial charge in [0.15, 0.2) is 17.5 Å². The number of benzene rings is 7. The van der Waals surface area contributed by atoms with Crippen molar-refractivity contribution in [1.82, 2.24) is 15.0 Å². The number of thiophene rings is 1. The van der Waals surface area contributed by atoms with Crippen molar-refractivity contribution in [2.45, 2.75) is 37.5 Å². The second-order valence-corrected chi connectivity index (χ2v) is 17.6. The molecular formula is C55H39N3S. The molecule has 1 spiro atoms. The van der Waals surface area contributed by atoms with Gasteiger partial charge in [-0.15, -0.1) is 11.3 Å². The minimum Gasteiger partial charge on any atom is -0.209 e. The quantitative estimate of drug-likeness (QED) is 0.179. The minimum absolute atomic E-state index is 0.190. The molecule has 280 valence electrons. The van der Waals surface area contributed by atoms with Gasteiger partial charge in [-0.3, -0.25) is 0 Å². The van der Waals surface area contributed by atoms with Crippen molar-refractivity contribution in [2.75, 3.05) is 0 Å². The number of nitrogens with zero attached hydrogens (tertiary/aromatic N) is 3. The lowest BCUT2D eigenvalue weighted by Crippen LogP contribution is -2.40. The first-order valence-corrected chi connectivity index (χ1v) is 21.4. The molecule has 0 saturated carbocycles. The first kappa shape index (κ1) is 34.3. The predicted octanol–water partition coefficient (Wildman–Crippen LogP) is 14.0. The van der Waals surface area contributed by atoms with Crippen LogP contribution in [0.3, 0.4) is 0 Å². The summed E-state index contributed by atoms with van der Waals surface area (Å²) in [6.45, 7) is 4.76. The van der Waals surface area contributed by atoms with E-state index in [-0.39, 0.29) is 5.41 Å². The molecule has 3 aliphatic carbocycles. The van der Waals surface area contributed by atoms with E-state index < -0.39 is 5.41 Å². The fourth-order valence-corrected chi connectivity index (χ4v) is 11.6. The average molecular weight is 774 g/mol. The average Bonchev–Trinajstić information content (AvgIpc) is 3.83. The number of allylic oxidation sites excluding steroid dienone is 4. The number of hydrogen-bond donors (Lipinski definition) is 0. The van der Waals surface area contributed by atoms with Crippen LogP contribution in [0.2, 0.25) is 0 Å². The standard InChI is InChI=1S/C55H39N3S/c1-54(2)42-24-10-12-26-44(42)55(45-27-13-11-25-43(45)54)41-32-31-36(37-22-16-30-48-50(37)38-21-9-14-29-47(38)59-48)33-40(41)49-39(23-15-28-46(49)55)53-57-51(34-17-5-3-6-18-34)56-52(58-53)35-19-7-4-8-20-35/h3-7,9-19,21-33H,8,20H2,1-2H3. The van der Waals surface area contributed by atoms with Crippen LogP contribution < -0.4 is 0 Å². The fourth-order valence-electron chi connectivity index (χ4n) is 10.5. The Kier molecular flexibility index (Phi) is 7.49. The number of rotatable bonds is 4. The van der Waals surface area contributed by atoms with Crippen molar-refractivity contribution in [2.24, 2.45) is 0 Å². The summed E-state index contributed by atoms with van der Waals surface area (Å²) in [5, 5.41) is 2.62. The van der Waals surface area contributed by atoms with E-state index in [4.69, 9.17) is 15.0 Å².